The van der Waals surface area contributed by atoms with Crippen LogP contribution in [-0.4, -0.2) is 140 Å². The van der Waals surface area contributed by atoms with E-state index in [2.05, 4.69) is 0 Å². The van der Waals surface area contributed by atoms with E-state index in [0.29, 0.717) is 6.42 Å². The molecule has 1 amide bonds. The van der Waals surface area contributed by atoms with Gasteiger partial charge >= 0.3 is 113 Å². The van der Waals surface area contributed by atoms with Crippen LogP contribution in [0.3, 0.4) is 0 Å². The number of carbonyl (C=O) groups is 1. The van der Waals surface area contributed by atoms with Crippen LogP contribution in [0.25, 0.3) is 0 Å². The Balaban J connectivity index is 4.64. The summed E-state index contributed by atoms with van der Waals surface area (Å²) in [5.74, 6) is -128. The number of benzene rings is 1. The van der Waals surface area contributed by atoms with Crippen molar-refractivity contribution in [2.75, 3.05) is 13.1 Å². The Kier molecular flexibility index (Phi) is 20.8. The Morgan fingerprint density at radius 1 is 0.383 bits per heavy atom. The van der Waals surface area contributed by atoms with Crippen LogP contribution in [0.2, 0.25) is 18.1 Å². The zero-order valence-corrected chi connectivity index (χ0v) is 40.1. The van der Waals surface area contributed by atoms with Gasteiger partial charge in [0.05, 0.1) is 8.07 Å². The third kappa shape index (κ3) is 12.4. The summed E-state index contributed by atoms with van der Waals surface area (Å²) >= 11 is 0. The number of nitrogens with zero attached hydrogens (tertiary/aromatic N) is 1. The van der Waals surface area contributed by atoms with Gasteiger partial charge in [0.15, 0.2) is 0 Å². The van der Waals surface area contributed by atoms with E-state index < -0.39 is 176 Å². The first-order chi connectivity index (χ1) is 35.3. The molecule has 0 bridgehead atoms. The van der Waals surface area contributed by atoms with Gasteiger partial charge in [-0.1, -0.05) is 42.8 Å². The maximum Gasteiger partial charge on any atom is 0.460 e. The number of ether oxygens (including phenoxy) is 1. The Labute approximate surface area is 426 Å². The first kappa shape index (κ1) is 75.0. The quantitative estimate of drug-likeness (QED) is 0.0618. The van der Waals surface area contributed by atoms with Crippen LogP contribution in [0.15, 0.2) is 24.3 Å². The Hall–Kier alpha value is -4.02. The first-order valence-electron chi connectivity index (χ1n) is 21.1. The monoisotopic (exact) mass is 1300 g/mol. The van der Waals surface area contributed by atoms with Crippen molar-refractivity contribution in [1.29, 1.82) is 0 Å². The molecule has 0 saturated heterocycles. The van der Waals surface area contributed by atoms with Crippen LogP contribution < -0.4 is 5.19 Å². The van der Waals surface area contributed by atoms with Crippen LogP contribution in [0, 0.1) is 0 Å². The van der Waals surface area contributed by atoms with E-state index in [4.69, 9.17) is 4.74 Å². The van der Waals surface area contributed by atoms with Gasteiger partial charge in [-0.15, -0.1) is 0 Å². The average molecular weight is 1300 g/mol. The number of halogens is 39. The molecule has 0 unspecified atom stereocenters. The van der Waals surface area contributed by atoms with E-state index >= 15 is 26.3 Å². The molecule has 0 heterocycles. The predicted molar refractivity (Wildman–Crippen MR) is 195 cm³/mol. The lowest BCUT2D eigenvalue weighted by atomic mass is 9.93. The fourth-order valence-corrected chi connectivity index (χ4v) is 11.7. The van der Waals surface area contributed by atoms with Gasteiger partial charge in [-0.2, -0.15) is 171 Å². The van der Waals surface area contributed by atoms with E-state index in [0.717, 1.165) is 4.90 Å². The molecular formula is C38H32F39NO2Si. The van der Waals surface area contributed by atoms with Gasteiger partial charge in [-0.3, -0.25) is 0 Å². The van der Waals surface area contributed by atoms with Crippen LogP contribution in [0.4, 0.5) is 176 Å². The normalized spacial score (nSPS) is 15.8. The summed E-state index contributed by atoms with van der Waals surface area (Å²) in [5.41, 5.74) is -0.764. The minimum atomic E-state index is -8.93. The summed E-state index contributed by atoms with van der Waals surface area (Å²) in [6.45, 7) is 1.25. The number of alkyl halides is 39. The lowest BCUT2D eigenvalue weighted by Gasteiger charge is -2.43. The Bertz CT molecular complexity index is 2080. The molecular weight excluding hydrogens is 1270 g/mol. The van der Waals surface area contributed by atoms with Gasteiger partial charge in [0.25, 0.3) is 0 Å². The van der Waals surface area contributed by atoms with Crippen molar-refractivity contribution in [1.82, 2.24) is 4.90 Å². The lowest BCUT2D eigenvalue weighted by molar-refractivity contribution is -0.440. The van der Waals surface area contributed by atoms with Gasteiger partial charge < -0.3 is 9.64 Å². The topological polar surface area (TPSA) is 29.5 Å². The Morgan fingerprint density at radius 2 is 0.630 bits per heavy atom. The van der Waals surface area contributed by atoms with Crippen LogP contribution in [0.5, 0.6) is 0 Å². The highest BCUT2D eigenvalue weighted by Gasteiger charge is 2.93. The molecule has 0 saturated carbocycles. The molecule has 1 aromatic rings. The summed E-state index contributed by atoms with van der Waals surface area (Å²) in [6.07, 6.45) is -37.6. The summed E-state index contributed by atoms with van der Waals surface area (Å²) in [4.78, 5) is 13.4. The van der Waals surface area contributed by atoms with Crippen molar-refractivity contribution in [2.45, 2.75) is 178 Å². The third-order valence-corrected chi connectivity index (χ3v) is 17.3. The van der Waals surface area contributed by atoms with E-state index in [-0.39, 0.29) is 43.8 Å². The van der Waals surface area contributed by atoms with Gasteiger partial charge in [-0.05, 0) is 37.0 Å². The van der Waals surface area contributed by atoms with Crippen LogP contribution in [-0.2, 0) is 11.3 Å². The molecule has 1 aromatic carbocycles. The van der Waals surface area contributed by atoms with Crippen LogP contribution >= 0.6 is 0 Å². The molecule has 0 aliphatic carbocycles. The Morgan fingerprint density at radius 3 is 0.852 bits per heavy atom. The molecule has 0 aliphatic heterocycles. The molecule has 478 valence electrons. The molecule has 0 radical (unpaired) electrons. The van der Waals surface area contributed by atoms with Crippen LogP contribution in [0.1, 0.15) is 51.5 Å². The summed E-state index contributed by atoms with van der Waals surface area (Å²) in [5, 5.41) is -1.96. The molecule has 43 heteroatoms. The molecule has 0 N–H and O–H groups in total. The van der Waals surface area contributed by atoms with Crippen molar-refractivity contribution in [3.05, 3.63) is 29.8 Å². The molecule has 81 heavy (non-hydrogen) atoms. The van der Waals surface area contributed by atoms with Gasteiger partial charge in [0.1, 0.15) is 6.61 Å². The van der Waals surface area contributed by atoms with Gasteiger partial charge in [0, 0.05) is 32.4 Å². The second kappa shape index (κ2) is 22.4. The number of unbranched alkanes of at least 4 members (excludes halogenated alkanes) is 1. The minimum absolute atomic E-state index is 0.106. The highest BCUT2D eigenvalue weighted by molar-refractivity contribution is 6.92. The van der Waals surface area contributed by atoms with Crippen molar-refractivity contribution in [3.63, 3.8) is 0 Å². The maximum atomic E-state index is 15.3. The smallest absolute Gasteiger partial charge is 0.445 e. The van der Waals surface area contributed by atoms with E-state index in [1.807, 2.05) is 0 Å². The van der Waals surface area contributed by atoms with Crippen molar-refractivity contribution >= 4 is 19.4 Å². The molecule has 0 fully saturated rings. The average Bonchev–Trinajstić information content (AvgIpc) is 3.29. The number of hydrogen-bond donors (Lipinski definition) is 0. The van der Waals surface area contributed by atoms with E-state index in [1.165, 1.54) is 6.92 Å². The molecule has 0 spiro atoms. The maximum absolute atomic E-state index is 15.3. The third-order valence-electron chi connectivity index (χ3n) is 12.1. The fourth-order valence-electron chi connectivity index (χ4n) is 6.79. The van der Waals surface area contributed by atoms with E-state index in [1.54, 1.807) is 6.92 Å². The number of hydrogen-bond acceptors (Lipinski definition) is 2. The lowest BCUT2D eigenvalue weighted by Crippen LogP contribution is -2.70. The molecule has 1 rings (SSSR count). The highest BCUT2D eigenvalue weighted by Crippen LogP contribution is 2.65. The second-order valence-corrected chi connectivity index (χ2v) is 22.1. The van der Waals surface area contributed by atoms with Crippen molar-refractivity contribution in [2.24, 2.45) is 0 Å². The first-order valence-corrected chi connectivity index (χ1v) is 23.8. The SMILES string of the molecule is CCCCN(CC)C(=O)OCc1ccc([Si](CCC(F)(F)C(F)(F)C(F)(F)C(F)(F)C(F)(F)C(F)(F)F)(CCC(F)(F)C(F)(F)C(F)(F)C(F)(F)C(F)(F)C(F)(F)F)CCC(F)(F)C(F)(F)C(F)(F)C(F)(F)C(F)(F)C(F)(F)F)cc1. The highest BCUT2D eigenvalue weighted by atomic mass is 28.3. The fraction of sp³-hybridized carbons (Fsp3) is 0.816. The molecule has 0 aromatic heterocycles. The molecule has 0 aliphatic rings. The zero-order chi connectivity index (χ0) is 65.1. The van der Waals surface area contributed by atoms with Crippen molar-refractivity contribution < 1.29 is 181 Å². The predicted octanol–water partition coefficient (Wildman–Crippen LogP) is 17.5. The second-order valence-electron chi connectivity index (χ2n) is 17.5. The van der Waals surface area contributed by atoms with Crippen molar-refractivity contribution in [3.8, 4) is 0 Å². The summed E-state index contributed by atoms with van der Waals surface area (Å²) in [6, 6.07) is -10.3. The standard InChI is InChI=1S/C38H32F39NO2Si/c1-3-5-13-78(4-2)20(79)80-17-18-6-8-19(9-7-18)81(14-10-21(39,40)24(45,46)27(51,52)30(57,58)33(63,64)36(69,70)71,15-11-22(41,42)25(47,48)28(53,54)31(59,60)34(65,66)37(72,73)74)16-12-23(43,44)26(49,50)29(55,56)32(61,62)35(67,68)38(75,76)77/h6-9H,3-5,10-17H2,1-2H3. The van der Waals surface area contributed by atoms with E-state index in [9.17, 15) is 150 Å². The zero-order valence-electron chi connectivity index (χ0n) is 39.1. The van der Waals surface area contributed by atoms with Gasteiger partial charge in [-0.25, -0.2) is 4.79 Å². The summed E-state index contributed by atoms with van der Waals surface area (Å²) in [7, 11) is -7.20. The largest absolute Gasteiger partial charge is 0.460 e. The number of carbonyl (C=O) groups excluding carboxylic acids is 1. The number of rotatable bonds is 28. The molecule has 0 atom stereocenters. The minimum Gasteiger partial charge on any atom is -0.445 e. The number of amides is 1. The summed E-state index contributed by atoms with van der Waals surface area (Å²) < 4.78 is 553. The van der Waals surface area contributed by atoms with Gasteiger partial charge in [0.2, 0.25) is 0 Å². The molecule has 3 nitrogen and oxygen atoms in total.